The van der Waals surface area contributed by atoms with Gasteiger partial charge in [0.05, 0.1) is 12.7 Å². The van der Waals surface area contributed by atoms with Crippen LogP contribution in [0.5, 0.6) is 0 Å². The summed E-state index contributed by atoms with van der Waals surface area (Å²) < 4.78 is 25.7. The minimum Gasteiger partial charge on any atom is -0.449 e. The molecule has 23 heavy (non-hydrogen) atoms. The highest BCUT2D eigenvalue weighted by atomic mass is 31.2. The molecule has 1 aliphatic carbocycles. The number of alkyl carbamates (subject to hydrolysis) is 1. The lowest BCUT2D eigenvalue weighted by Gasteiger charge is -2.19. The number of amides is 1. The summed E-state index contributed by atoms with van der Waals surface area (Å²) in [5.41, 5.74) is 0. The highest BCUT2D eigenvalue weighted by Gasteiger charge is 2.24. The number of rotatable bonds is 10. The number of carbonyl (C=O) groups is 1. The van der Waals surface area contributed by atoms with Gasteiger partial charge in [-0.15, -0.1) is 0 Å². The predicted octanol–water partition coefficient (Wildman–Crippen LogP) is 1.75. The lowest BCUT2D eigenvalue weighted by Crippen LogP contribution is -2.30. The lowest BCUT2D eigenvalue weighted by atomic mass is 10.0. The van der Waals surface area contributed by atoms with E-state index in [2.05, 4.69) is 9.84 Å². The zero-order valence-electron chi connectivity index (χ0n) is 13.1. The monoisotopic (exact) mass is 349 g/mol. The van der Waals surface area contributed by atoms with E-state index in [-0.39, 0.29) is 31.9 Å². The molecule has 0 aliphatic heterocycles. The van der Waals surface area contributed by atoms with Crippen molar-refractivity contribution in [3.05, 3.63) is 24.3 Å². The van der Waals surface area contributed by atoms with Crippen LogP contribution in [0, 0.1) is 5.92 Å². The first-order valence-corrected chi connectivity index (χ1v) is 8.88. The molecule has 0 radical (unpaired) electrons. The molecule has 0 saturated carbocycles. The maximum atomic E-state index is 11.6. The molecule has 1 amide bonds. The molecule has 0 aromatic heterocycles. The number of aliphatic hydroxyl groups excluding tert-OH is 1. The number of ether oxygens (including phenoxy) is 1. The number of nitrogens with one attached hydrogen (secondary N) is 1. The van der Waals surface area contributed by atoms with Gasteiger partial charge in [0.2, 0.25) is 0 Å². The average Bonchev–Trinajstić information content (AvgIpc) is 2.54. The zero-order valence-corrected chi connectivity index (χ0v) is 14.0. The van der Waals surface area contributed by atoms with Crippen LogP contribution >= 0.6 is 7.82 Å². The van der Waals surface area contributed by atoms with E-state index in [1.54, 1.807) is 0 Å². The topological polar surface area (TPSA) is 114 Å². The Bertz CT molecular complexity index is 466. The van der Waals surface area contributed by atoms with Gasteiger partial charge < -0.3 is 20.1 Å². The third kappa shape index (κ3) is 8.88. The fourth-order valence-electron chi connectivity index (χ4n) is 1.95. The van der Waals surface area contributed by atoms with Crippen LogP contribution in [-0.4, -0.2) is 49.1 Å². The SMILES string of the molecule is COP(=O)(O)O[C@H](CCO)CCNC(=O)OCC1C=CC=CC1. The normalized spacial score (nSPS) is 20.7. The molecule has 0 fully saturated rings. The van der Waals surface area contributed by atoms with Crippen LogP contribution in [0.25, 0.3) is 0 Å². The summed E-state index contributed by atoms with van der Waals surface area (Å²) in [7, 11) is -3.07. The van der Waals surface area contributed by atoms with E-state index in [0.717, 1.165) is 13.5 Å². The molecule has 9 heteroatoms. The average molecular weight is 349 g/mol. The summed E-state index contributed by atoms with van der Waals surface area (Å²) in [5.74, 6) is 0.179. The van der Waals surface area contributed by atoms with E-state index in [0.29, 0.717) is 6.61 Å². The van der Waals surface area contributed by atoms with E-state index < -0.39 is 20.0 Å². The number of aliphatic hydroxyl groups is 1. The summed E-state index contributed by atoms with van der Waals surface area (Å²) in [6.45, 7) is 0.271. The first kappa shape index (κ1) is 19.9. The van der Waals surface area contributed by atoms with Crippen LogP contribution in [-0.2, 0) is 18.3 Å². The van der Waals surface area contributed by atoms with Crippen LogP contribution < -0.4 is 5.32 Å². The maximum absolute atomic E-state index is 11.6. The van der Waals surface area contributed by atoms with E-state index in [1.165, 1.54) is 0 Å². The van der Waals surface area contributed by atoms with E-state index >= 15 is 0 Å². The Kier molecular flexibility index (Phi) is 9.13. The van der Waals surface area contributed by atoms with Crippen LogP contribution in [0.15, 0.2) is 24.3 Å². The highest BCUT2D eigenvalue weighted by molar-refractivity contribution is 7.47. The number of allylic oxidation sites excluding steroid dienone is 3. The second-order valence-corrected chi connectivity index (χ2v) is 6.53. The number of carbonyl (C=O) groups excluding carboxylic acids is 1. The molecule has 3 N–H and O–H groups in total. The van der Waals surface area contributed by atoms with Crippen LogP contribution in [0.4, 0.5) is 4.79 Å². The largest absolute Gasteiger partial charge is 0.472 e. The number of phosphoric ester groups is 1. The molecule has 0 spiro atoms. The fourth-order valence-corrected chi connectivity index (χ4v) is 2.62. The van der Waals surface area contributed by atoms with Gasteiger partial charge >= 0.3 is 13.9 Å². The molecular weight excluding hydrogens is 325 g/mol. The third-order valence-electron chi connectivity index (χ3n) is 3.20. The Hall–Kier alpha value is -1.18. The van der Waals surface area contributed by atoms with Gasteiger partial charge in [0.25, 0.3) is 0 Å². The summed E-state index contributed by atoms with van der Waals surface area (Å²) in [6.07, 6.45) is 7.80. The van der Waals surface area contributed by atoms with Crippen molar-refractivity contribution < 1.29 is 33.1 Å². The Labute approximate surface area is 135 Å². The van der Waals surface area contributed by atoms with Crippen LogP contribution in [0.3, 0.4) is 0 Å². The fraction of sp³-hybridized carbons (Fsp3) is 0.643. The summed E-state index contributed by atoms with van der Waals surface area (Å²) in [4.78, 5) is 20.8. The first-order chi connectivity index (χ1) is 11.0. The predicted molar refractivity (Wildman–Crippen MR) is 83.8 cm³/mol. The van der Waals surface area contributed by atoms with Gasteiger partial charge in [0.15, 0.2) is 0 Å². The number of phosphoric acid groups is 1. The maximum Gasteiger partial charge on any atom is 0.472 e. The van der Waals surface area contributed by atoms with Crippen molar-refractivity contribution in [1.82, 2.24) is 5.32 Å². The van der Waals surface area contributed by atoms with Crippen molar-refractivity contribution in [3.63, 3.8) is 0 Å². The van der Waals surface area contributed by atoms with Crippen molar-refractivity contribution in [2.75, 3.05) is 26.9 Å². The molecule has 3 atom stereocenters. The standard InChI is InChI=1S/C14H24NO7P/c1-20-23(18,19)22-13(8-10-16)7-9-15-14(17)21-11-12-5-3-2-4-6-12/h2-5,12-13,16H,6-11H2,1H3,(H,15,17)(H,18,19)/t12?,13-/m0/s1. The van der Waals surface area contributed by atoms with Crippen molar-refractivity contribution in [2.45, 2.75) is 25.4 Å². The molecule has 8 nitrogen and oxygen atoms in total. The second-order valence-electron chi connectivity index (χ2n) is 5.01. The Balaban J connectivity index is 2.23. The summed E-state index contributed by atoms with van der Waals surface area (Å²) in [5, 5.41) is 11.5. The second kappa shape index (κ2) is 10.6. The molecule has 1 aliphatic rings. The smallest absolute Gasteiger partial charge is 0.449 e. The van der Waals surface area contributed by atoms with Gasteiger partial charge in [-0.05, 0) is 19.3 Å². The van der Waals surface area contributed by atoms with Gasteiger partial charge in [0, 0.05) is 26.2 Å². The molecule has 0 bridgehead atoms. The number of hydrogen-bond acceptors (Lipinski definition) is 6. The molecule has 2 unspecified atom stereocenters. The van der Waals surface area contributed by atoms with Gasteiger partial charge in [-0.2, -0.15) is 0 Å². The van der Waals surface area contributed by atoms with Crippen LogP contribution in [0.2, 0.25) is 0 Å². The van der Waals surface area contributed by atoms with E-state index in [1.807, 2.05) is 24.3 Å². The molecule has 0 heterocycles. The zero-order chi connectivity index (χ0) is 17.1. The summed E-state index contributed by atoms with van der Waals surface area (Å²) in [6, 6.07) is 0. The van der Waals surface area contributed by atoms with Crippen molar-refractivity contribution >= 4 is 13.9 Å². The van der Waals surface area contributed by atoms with Gasteiger partial charge in [-0.25, -0.2) is 9.36 Å². The van der Waals surface area contributed by atoms with Gasteiger partial charge in [0.1, 0.15) is 0 Å². The minimum absolute atomic E-state index is 0.157. The van der Waals surface area contributed by atoms with E-state index in [4.69, 9.17) is 14.4 Å². The lowest BCUT2D eigenvalue weighted by molar-refractivity contribution is 0.0915. The van der Waals surface area contributed by atoms with Crippen molar-refractivity contribution in [2.24, 2.45) is 5.92 Å². The number of hydrogen-bond donors (Lipinski definition) is 3. The molecule has 0 aromatic carbocycles. The van der Waals surface area contributed by atoms with E-state index in [9.17, 15) is 14.3 Å². The summed E-state index contributed by atoms with van der Waals surface area (Å²) >= 11 is 0. The Morgan fingerprint density at radius 2 is 2.22 bits per heavy atom. The minimum atomic E-state index is -4.12. The Morgan fingerprint density at radius 3 is 2.83 bits per heavy atom. The molecule has 0 aromatic rings. The first-order valence-electron chi connectivity index (χ1n) is 7.38. The van der Waals surface area contributed by atoms with Crippen molar-refractivity contribution in [3.8, 4) is 0 Å². The van der Waals surface area contributed by atoms with Crippen LogP contribution in [0.1, 0.15) is 19.3 Å². The molecule has 1 rings (SSSR count). The Morgan fingerprint density at radius 1 is 1.43 bits per heavy atom. The molecular formula is C14H24NO7P. The quantitative estimate of drug-likeness (QED) is 0.515. The van der Waals surface area contributed by atoms with Gasteiger partial charge in [-0.1, -0.05) is 24.3 Å². The van der Waals surface area contributed by atoms with Gasteiger partial charge in [-0.3, -0.25) is 9.05 Å². The van der Waals surface area contributed by atoms with Crippen molar-refractivity contribution in [1.29, 1.82) is 0 Å². The molecule has 132 valence electrons. The highest BCUT2D eigenvalue weighted by Crippen LogP contribution is 2.44. The third-order valence-corrected chi connectivity index (χ3v) is 4.22. The molecule has 0 saturated heterocycles.